The molecule has 0 spiro atoms. The van der Waals surface area contributed by atoms with E-state index in [1.807, 2.05) is 36.6 Å². The summed E-state index contributed by atoms with van der Waals surface area (Å²) in [4.78, 5) is 0.401. The van der Waals surface area contributed by atoms with Crippen LogP contribution in [0.25, 0.3) is 0 Å². The van der Waals surface area contributed by atoms with Gasteiger partial charge in [-0.05, 0) is 49.3 Å². The fraction of sp³-hybridized carbons (Fsp3) is 0.556. The molecule has 3 rings (SSSR count). The van der Waals surface area contributed by atoms with Crippen molar-refractivity contribution in [3.63, 3.8) is 0 Å². The molecular formula is C18H25N3O2S. The van der Waals surface area contributed by atoms with Crippen molar-refractivity contribution in [3.8, 4) is 0 Å². The second kappa shape index (κ2) is 5.69. The molecule has 1 aromatic heterocycles. The van der Waals surface area contributed by atoms with Gasteiger partial charge in [-0.3, -0.25) is 0 Å². The fourth-order valence-electron chi connectivity index (χ4n) is 2.97. The number of sulfone groups is 1. The van der Waals surface area contributed by atoms with Gasteiger partial charge in [-0.2, -0.15) is 0 Å². The molecule has 0 bridgehead atoms. The summed E-state index contributed by atoms with van der Waals surface area (Å²) in [5.74, 6) is 1.25. The summed E-state index contributed by atoms with van der Waals surface area (Å²) in [7, 11) is -3.47. The van der Waals surface area contributed by atoms with E-state index in [1.54, 1.807) is 0 Å². The quantitative estimate of drug-likeness (QED) is 0.849. The average molecular weight is 347 g/mol. The second-order valence-corrected chi connectivity index (χ2v) is 9.71. The van der Waals surface area contributed by atoms with E-state index in [0.717, 1.165) is 29.8 Å². The Morgan fingerprint density at radius 1 is 1.17 bits per heavy atom. The summed E-state index contributed by atoms with van der Waals surface area (Å²) in [6.45, 7) is 9.98. The summed E-state index contributed by atoms with van der Waals surface area (Å²) in [6, 6.07) is 6.08. The zero-order valence-electron chi connectivity index (χ0n) is 15.0. The molecule has 1 fully saturated rings. The van der Waals surface area contributed by atoms with E-state index in [1.165, 1.54) is 0 Å². The van der Waals surface area contributed by atoms with E-state index in [4.69, 9.17) is 0 Å². The highest BCUT2D eigenvalue weighted by Crippen LogP contribution is 2.37. The minimum absolute atomic E-state index is 0.0946. The van der Waals surface area contributed by atoms with Gasteiger partial charge in [0.1, 0.15) is 17.4 Å². The van der Waals surface area contributed by atoms with E-state index < -0.39 is 9.84 Å². The maximum absolute atomic E-state index is 13.0. The highest BCUT2D eigenvalue weighted by Gasteiger charge is 2.31. The van der Waals surface area contributed by atoms with Crippen molar-refractivity contribution >= 4 is 9.84 Å². The minimum atomic E-state index is -3.47. The lowest BCUT2D eigenvalue weighted by molar-refractivity contribution is 0.580. The highest BCUT2D eigenvalue weighted by molar-refractivity contribution is 7.90. The first-order chi connectivity index (χ1) is 11.1. The molecule has 5 nitrogen and oxygen atoms in total. The van der Waals surface area contributed by atoms with Crippen LogP contribution >= 0.6 is 0 Å². The number of benzene rings is 1. The van der Waals surface area contributed by atoms with Gasteiger partial charge in [0.15, 0.2) is 9.84 Å². The van der Waals surface area contributed by atoms with Gasteiger partial charge in [0.25, 0.3) is 0 Å². The fourth-order valence-corrected chi connectivity index (χ4v) is 4.53. The van der Waals surface area contributed by atoms with E-state index in [0.29, 0.717) is 16.8 Å². The summed E-state index contributed by atoms with van der Waals surface area (Å²) in [5, 5.41) is 8.21. The summed E-state index contributed by atoms with van der Waals surface area (Å²) in [6.07, 6.45) is 2.15. The summed E-state index contributed by atoms with van der Waals surface area (Å²) >= 11 is 0. The molecular weight excluding hydrogens is 322 g/mol. The molecule has 0 N–H and O–H groups in total. The molecule has 2 aromatic rings. The Bertz CT molecular complexity index is 872. The van der Waals surface area contributed by atoms with Crippen molar-refractivity contribution in [2.45, 2.75) is 69.6 Å². The van der Waals surface area contributed by atoms with E-state index >= 15 is 0 Å². The van der Waals surface area contributed by atoms with Gasteiger partial charge in [0, 0.05) is 6.04 Å². The van der Waals surface area contributed by atoms with Crippen LogP contribution in [0.4, 0.5) is 0 Å². The Kier molecular flexibility index (Phi) is 4.06. The third kappa shape index (κ3) is 3.24. The van der Waals surface area contributed by atoms with Gasteiger partial charge in [0.2, 0.25) is 0 Å². The SMILES string of the molecule is Cc1ccc(C(C)(C)C)cc1S(=O)(=O)Cc1nnc(C)n1C1CC1. The number of hydrogen-bond donors (Lipinski definition) is 0. The van der Waals surface area contributed by atoms with Gasteiger partial charge < -0.3 is 4.57 Å². The number of aryl methyl sites for hydroxylation is 2. The third-order valence-electron chi connectivity index (χ3n) is 4.56. The van der Waals surface area contributed by atoms with Crippen LogP contribution in [-0.2, 0) is 21.0 Å². The number of nitrogens with zero attached hydrogens (tertiary/aromatic N) is 3. The Morgan fingerprint density at radius 2 is 1.83 bits per heavy atom. The lowest BCUT2D eigenvalue weighted by Gasteiger charge is -2.20. The Labute approximate surface area is 144 Å². The van der Waals surface area contributed by atoms with Crippen LogP contribution in [0.2, 0.25) is 0 Å². The molecule has 0 unspecified atom stereocenters. The standard InChI is InChI=1S/C18H25N3O2S/c1-12-6-7-14(18(3,4)5)10-16(12)24(22,23)11-17-20-19-13(2)21(17)15-8-9-15/h6-7,10,15H,8-9,11H2,1-5H3. The van der Waals surface area contributed by atoms with Gasteiger partial charge in [-0.25, -0.2) is 8.42 Å². The molecule has 0 atom stereocenters. The normalized spacial score (nSPS) is 15.7. The van der Waals surface area contributed by atoms with Crippen molar-refractivity contribution in [1.29, 1.82) is 0 Å². The van der Waals surface area contributed by atoms with Crippen molar-refractivity contribution < 1.29 is 8.42 Å². The molecule has 1 saturated carbocycles. The first kappa shape index (κ1) is 17.1. The lowest BCUT2D eigenvalue weighted by atomic mass is 9.87. The van der Waals surface area contributed by atoms with E-state index in [-0.39, 0.29) is 11.2 Å². The number of hydrogen-bond acceptors (Lipinski definition) is 4. The predicted molar refractivity (Wildman–Crippen MR) is 93.8 cm³/mol. The van der Waals surface area contributed by atoms with E-state index in [9.17, 15) is 8.42 Å². The number of rotatable bonds is 4. The van der Waals surface area contributed by atoms with Crippen molar-refractivity contribution in [2.24, 2.45) is 0 Å². The zero-order valence-corrected chi connectivity index (χ0v) is 15.8. The monoisotopic (exact) mass is 347 g/mol. The van der Waals surface area contributed by atoms with Gasteiger partial charge in [0.05, 0.1) is 4.90 Å². The molecule has 0 aliphatic heterocycles. The molecule has 0 saturated heterocycles. The van der Waals surface area contributed by atoms with Gasteiger partial charge in [-0.15, -0.1) is 10.2 Å². The van der Waals surface area contributed by atoms with Crippen LogP contribution in [0.5, 0.6) is 0 Å². The van der Waals surface area contributed by atoms with Crippen LogP contribution in [0.1, 0.15) is 62.4 Å². The largest absolute Gasteiger partial charge is 0.311 e. The van der Waals surface area contributed by atoms with Gasteiger partial charge in [-0.1, -0.05) is 32.9 Å². The topological polar surface area (TPSA) is 64.8 Å². The van der Waals surface area contributed by atoms with Crippen LogP contribution in [-0.4, -0.2) is 23.2 Å². The first-order valence-corrected chi connectivity index (χ1v) is 9.99. The third-order valence-corrected chi connectivity index (χ3v) is 6.31. The molecule has 24 heavy (non-hydrogen) atoms. The van der Waals surface area contributed by atoms with Crippen LogP contribution in [0, 0.1) is 13.8 Å². The molecule has 0 radical (unpaired) electrons. The van der Waals surface area contributed by atoms with Crippen molar-refractivity contribution in [2.75, 3.05) is 0 Å². The van der Waals surface area contributed by atoms with Crippen molar-refractivity contribution in [3.05, 3.63) is 41.0 Å². The maximum Gasteiger partial charge on any atom is 0.185 e. The van der Waals surface area contributed by atoms with Crippen LogP contribution in [0.3, 0.4) is 0 Å². The second-order valence-electron chi connectivity index (χ2n) is 7.75. The number of aromatic nitrogens is 3. The maximum atomic E-state index is 13.0. The smallest absolute Gasteiger partial charge is 0.185 e. The Hall–Kier alpha value is -1.69. The highest BCUT2D eigenvalue weighted by atomic mass is 32.2. The molecule has 1 aromatic carbocycles. The molecule has 1 aliphatic carbocycles. The van der Waals surface area contributed by atoms with Crippen LogP contribution in [0.15, 0.2) is 23.1 Å². The predicted octanol–water partition coefficient (Wildman–Crippen LogP) is 3.50. The Morgan fingerprint density at radius 3 is 2.42 bits per heavy atom. The molecule has 6 heteroatoms. The van der Waals surface area contributed by atoms with Gasteiger partial charge >= 0.3 is 0 Å². The summed E-state index contributed by atoms with van der Waals surface area (Å²) < 4.78 is 28.0. The Balaban J connectivity index is 2.00. The van der Waals surface area contributed by atoms with Crippen molar-refractivity contribution in [1.82, 2.24) is 14.8 Å². The summed E-state index contributed by atoms with van der Waals surface area (Å²) in [5.41, 5.74) is 1.70. The van der Waals surface area contributed by atoms with Crippen LogP contribution < -0.4 is 0 Å². The average Bonchev–Trinajstić information content (AvgIpc) is 3.23. The molecule has 0 amide bonds. The minimum Gasteiger partial charge on any atom is -0.311 e. The molecule has 1 aliphatic rings. The molecule has 1 heterocycles. The van der Waals surface area contributed by atoms with E-state index in [2.05, 4.69) is 31.0 Å². The first-order valence-electron chi connectivity index (χ1n) is 8.34. The lowest BCUT2D eigenvalue weighted by Crippen LogP contribution is -2.15. The molecule has 130 valence electrons. The zero-order chi connectivity index (χ0) is 17.7.